The number of nitriles is 1. The van der Waals surface area contributed by atoms with Crippen LogP contribution >= 0.6 is 0 Å². The SMILES string of the molecule is N#Cc1ccc(N2CCN([C@@H](CO)c3ccc(COc4cccc5c4CN([C@H]4[Si]CCC(=O)NC4=O)C5=O)c(F)c3)CC2)c(F)c1. The molecule has 3 aliphatic heterocycles. The number of rotatable bonds is 8. The fourth-order valence-electron chi connectivity index (χ4n) is 6.19. The van der Waals surface area contributed by atoms with E-state index in [1.165, 1.54) is 17.0 Å². The van der Waals surface area contributed by atoms with Crippen molar-refractivity contribution in [2.24, 2.45) is 0 Å². The number of hydrogen-bond donors (Lipinski definition) is 2. The van der Waals surface area contributed by atoms with E-state index in [9.17, 15) is 23.9 Å². The number of aliphatic hydroxyl groups excluding tert-OH is 1. The first-order valence-electron chi connectivity index (χ1n) is 15.0. The van der Waals surface area contributed by atoms with Crippen LogP contribution in [-0.2, 0) is 22.7 Å². The van der Waals surface area contributed by atoms with Gasteiger partial charge in [0.1, 0.15) is 24.0 Å². The minimum absolute atomic E-state index is 0.0952. The first kappa shape index (κ1) is 31.3. The molecule has 3 amide bonds. The molecule has 2 atom stereocenters. The zero-order valence-corrected chi connectivity index (χ0v) is 25.8. The number of imide groups is 1. The van der Waals surface area contributed by atoms with E-state index >= 15 is 4.39 Å². The molecule has 3 aromatic rings. The van der Waals surface area contributed by atoms with Crippen LogP contribution in [0.15, 0.2) is 54.6 Å². The lowest BCUT2D eigenvalue weighted by Crippen LogP contribution is -2.49. The van der Waals surface area contributed by atoms with E-state index < -0.39 is 29.2 Å². The molecular weight excluding hydrogens is 612 g/mol. The molecule has 2 fully saturated rings. The topological polar surface area (TPSA) is 126 Å². The summed E-state index contributed by atoms with van der Waals surface area (Å²) in [4.78, 5) is 43.0. The van der Waals surface area contributed by atoms with Crippen LogP contribution in [0.1, 0.15) is 45.1 Å². The Hall–Kier alpha value is -4.64. The van der Waals surface area contributed by atoms with Crippen LogP contribution in [0.5, 0.6) is 5.75 Å². The highest BCUT2D eigenvalue weighted by Gasteiger charge is 2.39. The summed E-state index contributed by atoms with van der Waals surface area (Å²) in [6, 6.07) is 16.2. The largest absolute Gasteiger partial charge is 0.488 e. The van der Waals surface area contributed by atoms with E-state index in [0.717, 1.165) is 0 Å². The highest BCUT2D eigenvalue weighted by molar-refractivity contribution is 6.46. The fraction of sp³-hybridized carbons (Fsp3) is 0.333. The Labute approximate surface area is 267 Å². The van der Waals surface area contributed by atoms with Crippen molar-refractivity contribution in [3.05, 3.63) is 94.0 Å². The van der Waals surface area contributed by atoms with E-state index in [0.29, 0.717) is 65.9 Å². The lowest BCUT2D eigenvalue weighted by molar-refractivity contribution is -0.131. The fourth-order valence-corrected chi connectivity index (χ4v) is 7.52. The number of aliphatic hydroxyl groups is 1. The van der Waals surface area contributed by atoms with Crippen molar-refractivity contribution < 1.29 is 33.0 Å². The smallest absolute Gasteiger partial charge is 0.255 e. The number of anilines is 1. The zero-order chi connectivity index (χ0) is 32.4. The van der Waals surface area contributed by atoms with E-state index in [-0.39, 0.29) is 53.1 Å². The average Bonchev–Trinajstić information content (AvgIpc) is 3.29. The molecule has 6 rings (SSSR count). The molecule has 3 aromatic carbocycles. The van der Waals surface area contributed by atoms with Crippen molar-refractivity contribution in [1.82, 2.24) is 15.1 Å². The summed E-state index contributed by atoms with van der Waals surface area (Å²) < 4.78 is 35.9. The minimum Gasteiger partial charge on any atom is -0.488 e. The predicted octanol–water partition coefficient (Wildman–Crippen LogP) is 2.72. The molecule has 2 radical (unpaired) electrons. The number of ether oxygens (including phenoxy) is 1. The monoisotopic (exact) mass is 643 g/mol. The molecule has 46 heavy (non-hydrogen) atoms. The Bertz CT molecular complexity index is 1720. The van der Waals surface area contributed by atoms with Gasteiger partial charge in [-0.3, -0.25) is 24.6 Å². The molecular formula is C33H31F2N5O5Si. The van der Waals surface area contributed by atoms with Gasteiger partial charge in [-0.15, -0.1) is 0 Å². The molecule has 2 N–H and O–H groups in total. The van der Waals surface area contributed by atoms with Gasteiger partial charge in [-0.05, 0) is 48.0 Å². The number of nitrogens with zero attached hydrogens (tertiary/aromatic N) is 4. The molecule has 0 spiro atoms. The van der Waals surface area contributed by atoms with Gasteiger partial charge in [0, 0.05) is 49.3 Å². The first-order valence-corrected chi connectivity index (χ1v) is 16.3. The zero-order valence-electron chi connectivity index (χ0n) is 24.8. The highest BCUT2D eigenvalue weighted by atomic mass is 28.2. The third-order valence-corrected chi connectivity index (χ3v) is 10.2. The van der Waals surface area contributed by atoms with Gasteiger partial charge < -0.3 is 19.6 Å². The molecule has 236 valence electrons. The summed E-state index contributed by atoms with van der Waals surface area (Å²) >= 11 is 0. The molecule has 2 saturated heterocycles. The maximum absolute atomic E-state index is 15.4. The highest BCUT2D eigenvalue weighted by Crippen LogP contribution is 2.34. The molecule has 3 aliphatic rings. The molecule has 0 bridgehead atoms. The number of carbonyl (C=O) groups excluding carboxylic acids is 3. The van der Waals surface area contributed by atoms with Gasteiger partial charge >= 0.3 is 0 Å². The van der Waals surface area contributed by atoms with Crippen LogP contribution in [0.2, 0.25) is 6.04 Å². The summed E-state index contributed by atoms with van der Waals surface area (Å²) in [6.07, 6.45) is 0.241. The van der Waals surface area contributed by atoms with Crippen molar-refractivity contribution in [2.75, 3.05) is 37.7 Å². The Balaban J connectivity index is 1.10. The molecule has 0 saturated carbocycles. The molecule has 0 unspecified atom stereocenters. The van der Waals surface area contributed by atoms with Crippen molar-refractivity contribution >= 4 is 32.9 Å². The van der Waals surface area contributed by atoms with Crippen LogP contribution in [-0.4, -0.2) is 80.6 Å². The van der Waals surface area contributed by atoms with Crippen molar-refractivity contribution in [2.45, 2.75) is 37.3 Å². The first-order chi connectivity index (χ1) is 22.3. The second-order valence-corrected chi connectivity index (χ2v) is 12.8. The standard InChI is InChI=1S/C33H31F2N5O5Si/c34-25-15-21(28(18-41)39-11-9-38(10-12-39)27-7-4-20(16-36)14-26(27)35)5-6-22(25)19-45-29-3-1-2-23-24(29)17-40(32(23)44)33-31(43)37-30(42)8-13-46-33/h1-7,14-15,28,33,41H,8-13,17-19H2,(H,37,42,43)/t28-,33-/m0/s1. The minimum atomic E-state index is -0.733. The van der Waals surface area contributed by atoms with Crippen LogP contribution in [0.3, 0.4) is 0 Å². The maximum atomic E-state index is 15.4. The quantitative estimate of drug-likeness (QED) is 0.284. The number of hydrogen-bond acceptors (Lipinski definition) is 8. The number of benzene rings is 3. The molecule has 13 heteroatoms. The van der Waals surface area contributed by atoms with E-state index in [1.807, 2.05) is 15.9 Å². The van der Waals surface area contributed by atoms with Crippen molar-refractivity contribution in [3.8, 4) is 11.8 Å². The Morgan fingerprint density at radius 1 is 1.04 bits per heavy atom. The summed E-state index contributed by atoms with van der Waals surface area (Å²) in [5, 5.41) is 21.6. The molecule has 0 aliphatic carbocycles. The Morgan fingerprint density at radius 2 is 1.85 bits per heavy atom. The van der Waals surface area contributed by atoms with E-state index in [1.54, 1.807) is 42.5 Å². The van der Waals surface area contributed by atoms with Gasteiger partial charge in [0.15, 0.2) is 0 Å². The average molecular weight is 644 g/mol. The predicted molar refractivity (Wildman–Crippen MR) is 164 cm³/mol. The second-order valence-electron chi connectivity index (χ2n) is 11.4. The van der Waals surface area contributed by atoms with Gasteiger partial charge in [-0.2, -0.15) is 5.26 Å². The van der Waals surface area contributed by atoms with Crippen LogP contribution in [0, 0.1) is 23.0 Å². The summed E-state index contributed by atoms with van der Waals surface area (Å²) in [5.41, 5.74) is 1.86. The third-order valence-electron chi connectivity index (χ3n) is 8.66. The Kier molecular flexibility index (Phi) is 9.12. The summed E-state index contributed by atoms with van der Waals surface area (Å²) in [7, 11) is 0.0952. The van der Waals surface area contributed by atoms with Gasteiger partial charge in [0.25, 0.3) is 5.91 Å². The van der Waals surface area contributed by atoms with Crippen LogP contribution in [0.25, 0.3) is 0 Å². The van der Waals surface area contributed by atoms with Gasteiger partial charge in [0.05, 0.1) is 51.7 Å². The third kappa shape index (κ3) is 6.24. The number of amides is 3. The van der Waals surface area contributed by atoms with Gasteiger partial charge in [-0.1, -0.05) is 18.2 Å². The van der Waals surface area contributed by atoms with E-state index in [2.05, 4.69) is 5.32 Å². The Morgan fingerprint density at radius 3 is 2.57 bits per heavy atom. The van der Waals surface area contributed by atoms with Crippen LogP contribution < -0.4 is 15.0 Å². The van der Waals surface area contributed by atoms with Crippen molar-refractivity contribution in [1.29, 1.82) is 5.26 Å². The number of halogens is 2. The second kappa shape index (κ2) is 13.4. The van der Waals surface area contributed by atoms with Gasteiger partial charge in [0.2, 0.25) is 11.8 Å². The number of fused-ring (bicyclic) bond motifs is 1. The number of piperazine rings is 1. The molecule has 10 nitrogen and oxygen atoms in total. The van der Waals surface area contributed by atoms with Gasteiger partial charge in [-0.25, -0.2) is 8.78 Å². The van der Waals surface area contributed by atoms with Crippen LogP contribution in [0.4, 0.5) is 14.5 Å². The number of carbonyl (C=O) groups is 3. The summed E-state index contributed by atoms with van der Waals surface area (Å²) in [5.74, 6) is -1.67. The molecule has 3 heterocycles. The van der Waals surface area contributed by atoms with Crippen molar-refractivity contribution in [3.63, 3.8) is 0 Å². The maximum Gasteiger partial charge on any atom is 0.255 e. The lowest BCUT2D eigenvalue weighted by Gasteiger charge is -2.40. The normalized spacial score (nSPS) is 19.3. The van der Waals surface area contributed by atoms with E-state index in [4.69, 9.17) is 10.00 Å². The number of nitrogens with one attached hydrogen (secondary N) is 1. The molecule has 0 aromatic heterocycles. The summed E-state index contributed by atoms with van der Waals surface area (Å²) in [6.45, 7) is 1.85. The lowest BCUT2D eigenvalue weighted by atomic mass is 10.0.